The van der Waals surface area contributed by atoms with Gasteiger partial charge in [-0.05, 0) is 37.5 Å². The number of aryl methyl sites for hydroxylation is 1. The number of amides is 2. The monoisotopic (exact) mass is 349 g/mol. The van der Waals surface area contributed by atoms with Crippen LogP contribution in [-0.4, -0.2) is 23.6 Å². The quantitative estimate of drug-likeness (QED) is 0.870. The number of nitrogens with one attached hydrogen (secondary N) is 1. The summed E-state index contributed by atoms with van der Waals surface area (Å²) < 4.78 is 0. The molecule has 2 amide bonds. The molecule has 0 aliphatic carbocycles. The van der Waals surface area contributed by atoms with Crippen molar-refractivity contribution in [1.82, 2.24) is 5.32 Å². The minimum atomic E-state index is -0.195. The molecular weight excluding hydrogens is 326 g/mol. The van der Waals surface area contributed by atoms with Crippen LogP contribution in [0.3, 0.4) is 0 Å². The van der Waals surface area contributed by atoms with Gasteiger partial charge >= 0.3 is 0 Å². The van der Waals surface area contributed by atoms with E-state index in [9.17, 15) is 9.59 Å². The number of para-hydroxylation sites is 1. The molecule has 1 aliphatic heterocycles. The van der Waals surface area contributed by atoms with Gasteiger partial charge in [0.15, 0.2) is 0 Å². The Bertz CT molecular complexity index is 787. The molecule has 134 valence electrons. The molecule has 5 heteroatoms. The first-order chi connectivity index (χ1) is 12.6. The Balaban J connectivity index is 1.60. The normalized spacial score (nSPS) is 15.3. The maximum absolute atomic E-state index is 12.5. The predicted molar refractivity (Wildman–Crippen MR) is 103 cm³/mol. The second-order valence-electron chi connectivity index (χ2n) is 6.49. The summed E-state index contributed by atoms with van der Waals surface area (Å²) in [5.74, 6) is -0.288. The van der Waals surface area contributed by atoms with Crippen molar-refractivity contribution in [2.24, 2.45) is 5.10 Å². The molecular formula is C21H23N3O2. The molecule has 0 radical (unpaired) electrons. The van der Waals surface area contributed by atoms with Crippen molar-refractivity contribution in [2.45, 2.75) is 38.6 Å². The molecule has 0 saturated heterocycles. The van der Waals surface area contributed by atoms with Gasteiger partial charge in [-0.1, -0.05) is 48.5 Å². The number of carbonyl (C=O) groups excluding carboxylic acids is 2. The average Bonchev–Trinajstić information content (AvgIpc) is 2.68. The first-order valence-corrected chi connectivity index (χ1v) is 8.94. The van der Waals surface area contributed by atoms with Crippen molar-refractivity contribution in [3.63, 3.8) is 0 Å². The van der Waals surface area contributed by atoms with Gasteiger partial charge in [-0.15, -0.1) is 0 Å². The summed E-state index contributed by atoms with van der Waals surface area (Å²) in [7, 11) is 0. The molecule has 26 heavy (non-hydrogen) atoms. The minimum Gasteiger partial charge on any atom is -0.348 e. The summed E-state index contributed by atoms with van der Waals surface area (Å²) in [4.78, 5) is 24.7. The van der Waals surface area contributed by atoms with Gasteiger partial charge in [-0.2, -0.15) is 5.10 Å². The van der Waals surface area contributed by atoms with Crippen LogP contribution in [0.1, 0.15) is 31.7 Å². The number of anilines is 1. The van der Waals surface area contributed by atoms with Crippen LogP contribution in [0.25, 0.3) is 0 Å². The van der Waals surface area contributed by atoms with Gasteiger partial charge in [0.1, 0.15) is 5.71 Å². The molecule has 2 aromatic carbocycles. The number of carbonyl (C=O) groups is 2. The number of hydrazone groups is 1. The Kier molecular flexibility index (Phi) is 5.79. The Hall–Kier alpha value is -2.95. The number of benzene rings is 2. The summed E-state index contributed by atoms with van der Waals surface area (Å²) in [5.41, 5.74) is 2.34. The van der Waals surface area contributed by atoms with Crippen molar-refractivity contribution in [2.75, 3.05) is 5.01 Å². The highest BCUT2D eigenvalue weighted by Crippen LogP contribution is 2.19. The van der Waals surface area contributed by atoms with Gasteiger partial charge in [0.25, 0.3) is 5.91 Å². The smallest absolute Gasteiger partial charge is 0.267 e. The molecule has 5 nitrogen and oxygen atoms in total. The first kappa shape index (κ1) is 17.9. The van der Waals surface area contributed by atoms with E-state index in [1.54, 1.807) is 0 Å². The second kappa shape index (κ2) is 8.43. The minimum absolute atomic E-state index is 0.0354. The van der Waals surface area contributed by atoms with Crippen LogP contribution in [0.4, 0.5) is 5.69 Å². The molecule has 0 aromatic heterocycles. The van der Waals surface area contributed by atoms with E-state index >= 15 is 0 Å². The van der Waals surface area contributed by atoms with Crippen molar-refractivity contribution in [3.8, 4) is 0 Å². The van der Waals surface area contributed by atoms with Crippen LogP contribution < -0.4 is 10.3 Å². The Morgan fingerprint density at radius 3 is 2.42 bits per heavy atom. The molecule has 1 N–H and O–H groups in total. The van der Waals surface area contributed by atoms with Crippen molar-refractivity contribution >= 4 is 23.2 Å². The zero-order valence-electron chi connectivity index (χ0n) is 14.9. The molecule has 1 aliphatic rings. The summed E-state index contributed by atoms with van der Waals surface area (Å²) in [6.45, 7) is 1.99. The van der Waals surface area contributed by atoms with E-state index < -0.39 is 0 Å². The lowest BCUT2D eigenvalue weighted by molar-refractivity contribution is -0.119. The van der Waals surface area contributed by atoms with E-state index in [-0.39, 0.29) is 17.9 Å². The van der Waals surface area contributed by atoms with Gasteiger partial charge in [0, 0.05) is 18.9 Å². The summed E-state index contributed by atoms with van der Waals surface area (Å²) in [6.07, 6.45) is 2.42. The number of rotatable bonds is 6. The summed E-state index contributed by atoms with van der Waals surface area (Å²) >= 11 is 0. The van der Waals surface area contributed by atoms with E-state index in [0.29, 0.717) is 24.2 Å². The molecule has 1 unspecified atom stereocenters. The van der Waals surface area contributed by atoms with Gasteiger partial charge in [-0.3, -0.25) is 9.59 Å². The fourth-order valence-corrected chi connectivity index (χ4v) is 2.89. The third kappa shape index (κ3) is 4.57. The zero-order chi connectivity index (χ0) is 18.4. The molecule has 1 heterocycles. The lowest BCUT2D eigenvalue weighted by Crippen LogP contribution is -2.42. The van der Waals surface area contributed by atoms with Crippen LogP contribution in [-0.2, 0) is 16.0 Å². The molecule has 1 atom stereocenters. The van der Waals surface area contributed by atoms with Crippen LogP contribution in [0, 0.1) is 0 Å². The standard InChI is InChI=1S/C21H23N3O2/c1-16(12-13-17-8-4-2-5-9-17)22-21(26)19-14-15-20(25)24(23-19)18-10-6-3-7-11-18/h2-11,16H,12-15H2,1H3,(H,22,26). The maximum Gasteiger partial charge on any atom is 0.267 e. The lowest BCUT2D eigenvalue weighted by Gasteiger charge is -2.24. The molecule has 0 bridgehead atoms. The Morgan fingerprint density at radius 2 is 1.73 bits per heavy atom. The van der Waals surface area contributed by atoms with Crippen molar-refractivity contribution in [3.05, 3.63) is 66.2 Å². The van der Waals surface area contributed by atoms with Gasteiger partial charge < -0.3 is 5.32 Å². The van der Waals surface area contributed by atoms with E-state index in [0.717, 1.165) is 12.8 Å². The highest BCUT2D eigenvalue weighted by molar-refractivity contribution is 6.40. The number of hydrogen-bond donors (Lipinski definition) is 1. The SMILES string of the molecule is CC(CCc1ccccc1)NC(=O)C1=NN(c2ccccc2)C(=O)CC1. The fourth-order valence-electron chi connectivity index (χ4n) is 2.89. The van der Waals surface area contributed by atoms with Crippen molar-refractivity contribution in [1.29, 1.82) is 0 Å². The Labute approximate surface area is 153 Å². The summed E-state index contributed by atoms with van der Waals surface area (Å²) in [6, 6.07) is 19.4. The van der Waals surface area contributed by atoms with Crippen LogP contribution >= 0.6 is 0 Å². The zero-order valence-corrected chi connectivity index (χ0v) is 14.9. The summed E-state index contributed by atoms with van der Waals surface area (Å²) in [5, 5.41) is 8.62. The van der Waals surface area contributed by atoms with Crippen molar-refractivity contribution < 1.29 is 9.59 Å². The molecule has 0 spiro atoms. The molecule has 0 saturated carbocycles. The van der Waals surface area contributed by atoms with Gasteiger partial charge in [0.05, 0.1) is 5.69 Å². The molecule has 0 fully saturated rings. The van der Waals surface area contributed by atoms with E-state index in [2.05, 4.69) is 22.6 Å². The largest absolute Gasteiger partial charge is 0.348 e. The first-order valence-electron chi connectivity index (χ1n) is 8.94. The third-order valence-corrected chi connectivity index (χ3v) is 4.38. The number of hydrogen-bond acceptors (Lipinski definition) is 3. The van der Waals surface area contributed by atoms with Gasteiger partial charge in [0.2, 0.25) is 5.91 Å². The van der Waals surface area contributed by atoms with E-state index in [1.165, 1.54) is 10.6 Å². The fraction of sp³-hybridized carbons (Fsp3) is 0.286. The highest BCUT2D eigenvalue weighted by Gasteiger charge is 2.26. The molecule has 3 rings (SSSR count). The van der Waals surface area contributed by atoms with E-state index in [1.807, 2.05) is 55.5 Å². The van der Waals surface area contributed by atoms with E-state index in [4.69, 9.17) is 0 Å². The van der Waals surface area contributed by atoms with Crippen LogP contribution in [0.5, 0.6) is 0 Å². The van der Waals surface area contributed by atoms with Crippen LogP contribution in [0.2, 0.25) is 0 Å². The Morgan fingerprint density at radius 1 is 1.08 bits per heavy atom. The highest BCUT2D eigenvalue weighted by atomic mass is 16.2. The third-order valence-electron chi connectivity index (χ3n) is 4.38. The topological polar surface area (TPSA) is 61.8 Å². The molecule has 2 aromatic rings. The lowest BCUT2D eigenvalue weighted by atomic mass is 10.1. The average molecular weight is 349 g/mol. The maximum atomic E-state index is 12.5. The predicted octanol–water partition coefficient (Wildman–Crippen LogP) is 3.31. The second-order valence-corrected chi connectivity index (χ2v) is 6.49. The van der Waals surface area contributed by atoms with Crippen LogP contribution in [0.15, 0.2) is 65.8 Å². The number of nitrogens with zero attached hydrogens (tertiary/aromatic N) is 2. The van der Waals surface area contributed by atoms with Gasteiger partial charge in [-0.25, -0.2) is 5.01 Å².